The van der Waals surface area contributed by atoms with E-state index in [4.69, 9.17) is 0 Å². The first kappa shape index (κ1) is 14.1. The second-order valence-electron chi connectivity index (χ2n) is 6.27. The van der Waals surface area contributed by atoms with Gasteiger partial charge in [0.05, 0.1) is 0 Å². The summed E-state index contributed by atoms with van der Waals surface area (Å²) in [5, 5.41) is 9.59. The monoisotopic (exact) mass is 293 g/mol. The fraction of sp³-hybridized carbons (Fsp3) is 0.688. The third-order valence-electron chi connectivity index (χ3n) is 5.04. The third-order valence-corrected chi connectivity index (χ3v) is 6.21. The van der Waals surface area contributed by atoms with E-state index in [9.17, 15) is 9.90 Å². The molecule has 4 heteroatoms. The molecule has 0 amide bonds. The lowest BCUT2D eigenvalue weighted by Gasteiger charge is -2.36. The Labute approximate surface area is 124 Å². The molecule has 0 aromatic carbocycles. The van der Waals surface area contributed by atoms with Crippen molar-refractivity contribution in [2.45, 2.75) is 64.1 Å². The molecule has 1 N–H and O–H groups in total. The molecule has 1 saturated heterocycles. The molecule has 4 unspecified atom stereocenters. The number of nitrogens with zero attached hydrogens (tertiary/aromatic N) is 1. The smallest absolute Gasteiger partial charge is 0.320 e. The van der Waals surface area contributed by atoms with E-state index in [0.29, 0.717) is 12.0 Å². The average Bonchev–Trinajstić information content (AvgIpc) is 3.01. The number of rotatable bonds is 3. The molecule has 0 bridgehead atoms. The van der Waals surface area contributed by atoms with E-state index in [-0.39, 0.29) is 12.1 Å². The van der Waals surface area contributed by atoms with Crippen molar-refractivity contribution in [2.75, 3.05) is 0 Å². The van der Waals surface area contributed by atoms with Crippen LogP contribution in [0.4, 0.5) is 0 Å². The van der Waals surface area contributed by atoms with E-state index in [1.165, 1.54) is 35.4 Å². The Morgan fingerprint density at radius 2 is 2.15 bits per heavy atom. The van der Waals surface area contributed by atoms with Gasteiger partial charge in [0.1, 0.15) is 6.04 Å². The number of carboxylic acids is 1. The minimum absolute atomic E-state index is 0.225. The first-order chi connectivity index (χ1) is 9.58. The average molecular weight is 293 g/mol. The molecular formula is C16H23NO2S. The van der Waals surface area contributed by atoms with Crippen molar-refractivity contribution in [2.24, 2.45) is 5.92 Å². The number of aryl methyl sites for hydroxylation is 1. The van der Waals surface area contributed by atoms with Gasteiger partial charge in [-0.3, -0.25) is 9.69 Å². The van der Waals surface area contributed by atoms with Crippen LogP contribution in [-0.2, 0) is 4.79 Å². The van der Waals surface area contributed by atoms with Crippen molar-refractivity contribution < 1.29 is 9.90 Å². The number of thiophene rings is 1. The summed E-state index contributed by atoms with van der Waals surface area (Å²) < 4.78 is 0. The summed E-state index contributed by atoms with van der Waals surface area (Å²) in [6.45, 7) is 4.29. The van der Waals surface area contributed by atoms with E-state index in [2.05, 4.69) is 30.9 Å². The number of hydrogen-bond acceptors (Lipinski definition) is 3. The quantitative estimate of drug-likeness (QED) is 0.920. The number of carboxylic acid groups (broad SMARTS) is 1. The van der Waals surface area contributed by atoms with Crippen LogP contribution >= 0.6 is 11.3 Å². The van der Waals surface area contributed by atoms with E-state index < -0.39 is 5.97 Å². The van der Waals surface area contributed by atoms with Gasteiger partial charge < -0.3 is 5.11 Å². The highest BCUT2D eigenvalue weighted by Crippen LogP contribution is 2.44. The largest absolute Gasteiger partial charge is 0.480 e. The molecule has 1 aliphatic heterocycles. The van der Waals surface area contributed by atoms with Crippen LogP contribution in [0.25, 0.3) is 0 Å². The zero-order valence-electron chi connectivity index (χ0n) is 12.2. The van der Waals surface area contributed by atoms with Crippen molar-refractivity contribution in [3.05, 3.63) is 21.9 Å². The zero-order valence-corrected chi connectivity index (χ0v) is 13.0. The molecule has 2 aliphatic rings. The topological polar surface area (TPSA) is 40.5 Å². The van der Waals surface area contributed by atoms with Crippen molar-refractivity contribution in [1.82, 2.24) is 4.90 Å². The van der Waals surface area contributed by atoms with Crippen LogP contribution in [0.15, 0.2) is 12.1 Å². The van der Waals surface area contributed by atoms with Crippen LogP contribution in [0, 0.1) is 12.8 Å². The lowest BCUT2D eigenvalue weighted by Crippen LogP contribution is -2.43. The van der Waals surface area contributed by atoms with Gasteiger partial charge in [-0.15, -0.1) is 11.3 Å². The highest BCUT2D eigenvalue weighted by Gasteiger charge is 2.47. The van der Waals surface area contributed by atoms with Crippen molar-refractivity contribution in [1.29, 1.82) is 0 Å². The molecule has 110 valence electrons. The molecule has 1 aromatic rings. The standard InChI is InChI=1S/C16H23NO2S/c1-10-7-8-15(20-10)11(2)17-13-6-4-3-5-12(13)9-14(17)16(18)19/h7-8,11-14H,3-6,9H2,1-2H3,(H,18,19). The molecule has 1 aromatic heterocycles. The van der Waals surface area contributed by atoms with Crippen molar-refractivity contribution in [3.8, 4) is 0 Å². The maximum Gasteiger partial charge on any atom is 0.320 e. The maximum atomic E-state index is 11.7. The van der Waals surface area contributed by atoms with E-state index in [1.807, 2.05) is 0 Å². The SMILES string of the molecule is Cc1ccc(C(C)N2C(C(=O)O)CC3CCCCC32)s1. The molecule has 2 heterocycles. The molecule has 1 aliphatic carbocycles. The van der Waals surface area contributed by atoms with Gasteiger partial charge in [-0.05, 0) is 51.2 Å². The van der Waals surface area contributed by atoms with Crippen molar-refractivity contribution in [3.63, 3.8) is 0 Å². The fourth-order valence-corrected chi connectivity index (χ4v) is 5.04. The number of carbonyl (C=O) groups is 1. The summed E-state index contributed by atoms with van der Waals surface area (Å²) in [7, 11) is 0. The Morgan fingerprint density at radius 3 is 2.80 bits per heavy atom. The van der Waals surface area contributed by atoms with Gasteiger partial charge in [0, 0.05) is 21.8 Å². The highest BCUT2D eigenvalue weighted by molar-refractivity contribution is 7.12. The van der Waals surface area contributed by atoms with E-state index >= 15 is 0 Å². The van der Waals surface area contributed by atoms with E-state index in [0.717, 1.165) is 6.42 Å². The van der Waals surface area contributed by atoms with Crippen LogP contribution in [0.3, 0.4) is 0 Å². The molecule has 2 fully saturated rings. The van der Waals surface area contributed by atoms with Gasteiger partial charge in [-0.25, -0.2) is 0 Å². The van der Waals surface area contributed by atoms with Gasteiger partial charge in [-0.2, -0.15) is 0 Å². The molecule has 0 spiro atoms. The molecule has 1 saturated carbocycles. The molecular weight excluding hydrogens is 270 g/mol. The number of aliphatic carboxylic acids is 1. The summed E-state index contributed by atoms with van der Waals surface area (Å²) in [6.07, 6.45) is 5.74. The summed E-state index contributed by atoms with van der Waals surface area (Å²) in [5.74, 6) is -0.0483. The predicted molar refractivity (Wildman–Crippen MR) is 81.1 cm³/mol. The summed E-state index contributed by atoms with van der Waals surface area (Å²) in [5.41, 5.74) is 0. The highest BCUT2D eigenvalue weighted by atomic mass is 32.1. The van der Waals surface area contributed by atoms with Gasteiger partial charge in [-0.1, -0.05) is 12.8 Å². The molecule has 4 atom stereocenters. The lowest BCUT2D eigenvalue weighted by molar-refractivity contribution is -0.143. The fourth-order valence-electron chi connectivity index (χ4n) is 4.11. The van der Waals surface area contributed by atoms with Crippen molar-refractivity contribution >= 4 is 17.3 Å². The minimum Gasteiger partial charge on any atom is -0.480 e. The Kier molecular flexibility index (Phi) is 3.87. The predicted octanol–water partition coefficient (Wildman–Crippen LogP) is 3.84. The Morgan fingerprint density at radius 1 is 1.40 bits per heavy atom. The van der Waals surface area contributed by atoms with Crippen LogP contribution in [0.1, 0.15) is 54.8 Å². The molecule has 0 radical (unpaired) electrons. The third kappa shape index (κ3) is 2.40. The second-order valence-corrected chi connectivity index (χ2v) is 7.59. The Hall–Kier alpha value is -0.870. The summed E-state index contributed by atoms with van der Waals surface area (Å²) in [6, 6.07) is 4.71. The zero-order chi connectivity index (χ0) is 14.3. The second kappa shape index (κ2) is 5.49. The Bertz CT molecular complexity index is 498. The summed E-state index contributed by atoms with van der Waals surface area (Å²) >= 11 is 1.80. The number of likely N-dealkylation sites (tertiary alicyclic amines) is 1. The first-order valence-electron chi connectivity index (χ1n) is 7.64. The van der Waals surface area contributed by atoms with Gasteiger partial charge in [0.15, 0.2) is 0 Å². The lowest BCUT2D eigenvalue weighted by atomic mass is 9.84. The molecule has 3 rings (SSSR count). The molecule has 3 nitrogen and oxygen atoms in total. The van der Waals surface area contributed by atoms with Gasteiger partial charge in [0.2, 0.25) is 0 Å². The normalized spacial score (nSPS) is 32.0. The summed E-state index contributed by atoms with van der Waals surface area (Å²) in [4.78, 5) is 16.6. The number of fused-ring (bicyclic) bond motifs is 1. The number of hydrogen-bond donors (Lipinski definition) is 1. The van der Waals surface area contributed by atoms with Crippen LogP contribution in [0.2, 0.25) is 0 Å². The Balaban J connectivity index is 1.88. The van der Waals surface area contributed by atoms with Gasteiger partial charge >= 0.3 is 5.97 Å². The van der Waals surface area contributed by atoms with Crippen LogP contribution in [-0.4, -0.2) is 28.1 Å². The van der Waals surface area contributed by atoms with E-state index in [1.54, 1.807) is 11.3 Å². The van der Waals surface area contributed by atoms with Crippen LogP contribution in [0.5, 0.6) is 0 Å². The van der Waals surface area contributed by atoms with Crippen LogP contribution < -0.4 is 0 Å². The van der Waals surface area contributed by atoms with Gasteiger partial charge in [0.25, 0.3) is 0 Å². The molecule has 20 heavy (non-hydrogen) atoms. The maximum absolute atomic E-state index is 11.7. The minimum atomic E-state index is -0.639. The first-order valence-corrected chi connectivity index (χ1v) is 8.46.